The van der Waals surface area contributed by atoms with Gasteiger partial charge in [0, 0.05) is 12.8 Å². The Morgan fingerprint density at radius 3 is 2.27 bits per heavy atom. The van der Waals surface area contributed by atoms with Crippen molar-refractivity contribution in [2.45, 2.75) is 19.8 Å². The predicted octanol–water partition coefficient (Wildman–Crippen LogP) is 1.24. The van der Waals surface area contributed by atoms with Crippen molar-refractivity contribution in [3.8, 4) is 0 Å². The maximum absolute atomic E-state index is 11.8. The lowest BCUT2D eigenvalue weighted by atomic mass is 9.95. The molecule has 0 radical (unpaired) electrons. The first-order chi connectivity index (χ1) is 7.05. The largest absolute Gasteiger partial charge is 0.481 e. The van der Waals surface area contributed by atoms with Gasteiger partial charge in [0.15, 0.2) is 0 Å². The zero-order valence-electron chi connectivity index (χ0n) is 8.91. The first-order valence-corrected chi connectivity index (χ1v) is 6.36. The van der Waals surface area contributed by atoms with Crippen molar-refractivity contribution < 1.29 is 19.2 Å². The second kappa shape index (κ2) is 5.07. The van der Waals surface area contributed by atoms with Crippen LogP contribution in [0, 0.1) is 5.92 Å². The Kier molecular flexibility index (Phi) is 4.28. The van der Waals surface area contributed by atoms with E-state index in [2.05, 4.69) is 15.9 Å². The van der Waals surface area contributed by atoms with E-state index in [-0.39, 0.29) is 11.8 Å². The van der Waals surface area contributed by atoms with E-state index in [1.165, 1.54) is 0 Å². The highest BCUT2D eigenvalue weighted by Crippen LogP contribution is 2.24. The van der Waals surface area contributed by atoms with Crippen molar-refractivity contribution in [3.05, 3.63) is 0 Å². The number of piperidine rings is 1. The molecule has 1 N–H and O–H groups in total. The van der Waals surface area contributed by atoms with Crippen molar-refractivity contribution >= 4 is 27.8 Å². The average molecular weight is 279 g/mol. The molecule has 1 aliphatic heterocycles. The van der Waals surface area contributed by atoms with Gasteiger partial charge in [-0.3, -0.25) is 9.28 Å². The molecule has 86 valence electrons. The SMILES string of the molecule is CC[N+]1(C(=O)CBr)CCC(C(=O)O)CC1. The first-order valence-electron chi connectivity index (χ1n) is 5.24. The highest BCUT2D eigenvalue weighted by molar-refractivity contribution is 9.09. The molecule has 1 rings (SSSR count). The van der Waals surface area contributed by atoms with Crippen LogP contribution in [0.4, 0.5) is 0 Å². The third-order valence-corrected chi connectivity index (χ3v) is 3.89. The van der Waals surface area contributed by atoms with Crippen LogP contribution in [-0.4, -0.2) is 46.4 Å². The van der Waals surface area contributed by atoms with Crippen LogP contribution < -0.4 is 0 Å². The smallest absolute Gasteiger partial charge is 0.324 e. The van der Waals surface area contributed by atoms with Gasteiger partial charge in [0.1, 0.15) is 5.33 Å². The molecule has 1 fully saturated rings. The van der Waals surface area contributed by atoms with Gasteiger partial charge in [-0.25, -0.2) is 4.79 Å². The number of quaternary nitrogens is 1. The van der Waals surface area contributed by atoms with E-state index in [1.807, 2.05) is 6.92 Å². The molecule has 1 saturated heterocycles. The van der Waals surface area contributed by atoms with E-state index < -0.39 is 5.97 Å². The Balaban J connectivity index is 2.66. The van der Waals surface area contributed by atoms with Gasteiger partial charge in [-0.1, -0.05) is 15.9 Å². The van der Waals surface area contributed by atoms with Gasteiger partial charge in [0.25, 0.3) is 0 Å². The van der Waals surface area contributed by atoms with Crippen LogP contribution in [-0.2, 0) is 9.59 Å². The molecule has 1 aliphatic rings. The van der Waals surface area contributed by atoms with Crippen LogP contribution in [0.3, 0.4) is 0 Å². The molecule has 1 amide bonds. The monoisotopic (exact) mass is 278 g/mol. The van der Waals surface area contributed by atoms with Crippen LogP contribution >= 0.6 is 15.9 Å². The summed E-state index contributed by atoms with van der Waals surface area (Å²) in [5.74, 6) is -0.817. The minimum atomic E-state index is -0.727. The summed E-state index contributed by atoms with van der Waals surface area (Å²) in [4.78, 5) is 22.6. The van der Waals surface area contributed by atoms with Crippen LogP contribution in [0.15, 0.2) is 0 Å². The maximum atomic E-state index is 11.8. The number of carbonyl (C=O) groups excluding carboxylic acids is 1. The fourth-order valence-electron chi connectivity index (χ4n) is 2.18. The summed E-state index contributed by atoms with van der Waals surface area (Å²) in [5, 5.41) is 9.24. The van der Waals surface area contributed by atoms with Gasteiger partial charge < -0.3 is 5.11 Å². The molecule has 0 atom stereocenters. The number of carboxylic acids is 1. The molecule has 0 bridgehead atoms. The van der Waals surface area contributed by atoms with Gasteiger partial charge in [-0.2, -0.15) is 0 Å². The number of hydrogen-bond donors (Lipinski definition) is 1. The predicted molar refractivity (Wildman–Crippen MR) is 59.7 cm³/mol. The summed E-state index contributed by atoms with van der Waals surface area (Å²) >= 11 is 3.19. The van der Waals surface area contributed by atoms with Gasteiger partial charge in [-0.15, -0.1) is 0 Å². The fraction of sp³-hybridized carbons (Fsp3) is 0.800. The molecule has 0 spiro atoms. The van der Waals surface area contributed by atoms with Crippen molar-refractivity contribution in [1.82, 2.24) is 0 Å². The Hall–Kier alpha value is -0.420. The van der Waals surface area contributed by atoms with Crippen molar-refractivity contribution in [2.24, 2.45) is 5.92 Å². The summed E-state index contributed by atoms with van der Waals surface area (Å²) in [6, 6.07) is 0. The summed E-state index contributed by atoms with van der Waals surface area (Å²) in [7, 11) is 0. The highest BCUT2D eigenvalue weighted by atomic mass is 79.9. The number of nitrogens with zero attached hydrogens (tertiary/aromatic N) is 1. The molecular formula is C10H17BrNO3+. The van der Waals surface area contributed by atoms with Crippen LogP contribution in [0.25, 0.3) is 0 Å². The molecule has 0 saturated carbocycles. The normalized spacial score (nSPS) is 31.2. The Bertz CT molecular complexity index is 259. The van der Waals surface area contributed by atoms with Crippen molar-refractivity contribution in [3.63, 3.8) is 0 Å². The number of hydrogen-bond acceptors (Lipinski definition) is 2. The van der Waals surface area contributed by atoms with E-state index in [0.29, 0.717) is 35.7 Å². The molecule has 0 aliphatic carbocycles. The Morgan fingerprint density at radius 1 is 1.40 bits per heavy atom. The van der Waals surface area contributed by atoms with E-state index >= 15 is 0 Å². The molecule has 5 heteroatoms. The third-order valence-electron chi connectivity index (χ3n) is 3.41. The van der Waals surface area contributed by atoms with E-state index in [4.69, 9.17) is 5.11 Å². The standard InChI is InChI=1S/C10H16BrNO3/c1-2-12(9(13)7-11)5-3-8(4-6-12)10(14)15/h8H,2-7H2,1H3/p+1. The number of carbonyl (C=O) groups is 2. The second-order valence-corrected chi connectivity index (χ2v) is 4.61. The topological polar surface area (TPSA) is 54.4 Å². The lowest BCUT2D eigenvalue weighted by Gasteiger charge is -2.39. The quantitative estimate of drug-likeness (QED) is 0.624. The highest BCUT2D eigenvalue weighted by Gasteiger charge is 2.40. The number of carboxylic acid groups (broad SMARTS) is 1. The zero-order valence-corrected chi connectivity index (χ0v) is 10.5. The molecule has 0 aromatic carbocycles. The third kappa shape index (κ3) is 2.58. The summed E-state index contributed by atoms with van der Waals surface area (Å²) in [6.07, 6.45) is 1.23. The molecule has 1 heterocycles. The summed E-state index contributed by atoms with van der Waals surface area (Å²) < 4.78 is 0.440. The number of likely N-dealkylation sites (tertiary alicyclic amines) is 1. The van der Waals surface area contributed by atoms with Crippen LogP contribution in [0.1, 0.15) is 19.8 Å². The Morgan fingerprint density at radius 2 is 1.93 bits per heavy atom. The Labute approximate surface area is 98.0 Å². The molecule has 0 aromatic heterocycles. The molecule has 4 nitrogen and oxygen atoms in total. The lowest BCUT2D eigenvalue weighted by molar-refractivity contribution is -0.857. The first kappa shape index (κ1) is 12.6. The van der Waals surface area contributed by atoms with E-state index in [0.717, 1.165) is 6.54 Å². The minimum Gasteiger partial charge on any atom is -0.481 e. The van der Waals surface area contributed by atoms with Gasteiger partial charge in [0.2, 0.25) is 0 Å². The lowest BCUT2D eigenvalue weighted by Crippen LogP contribution is -2.58. The number of rotatable bonds is 3. The van der Waals surface area contributed by atoms with Crippen molar-refractivity contribution in [2.75, 3.05) is 25.0 Å². The number of aliphatic carboxylic acids is 1. The van der Waals surface area contributed by atoms with E-state index in [9.17, 15) is 9.59 Å². The average Bonchev–Trinajstić information content (AvgIpc) is 2.27. The molecular weight excluding hydrogens is 262 g/mol. The fourth-order valence-corrected chi connectivity index (χ4v) is 2.71. The van der Waals surface area contributed by atoms with Crippen LogP contribution in [0.5, 0.6) is 0 Å². The zero-order chi connectivity index (χ0) is 11.5. The number of halogens is 1. The van der Waals surface area contributed by atoms with Gasteiger partial charge >= 0.3 is 11.9 Å². The van der Waals surface area contributed by atoms with E-state index in [1.54, 1.807) is 0 Å². The molecule has 15 heavy (non-hydrogen) atoms. The summed E-state index contributed by atoms with van der Waals surface area (Å²) in [5.41, 5.74) is 0. The number of amides is 1. The van der Waals surface area contributed by atoms with Gasteiger partial charge in [-0.05, 0) is 6.92 Å². The maximum Gasteiger partial charge on any atom is 0.324 e. The molecule has 0 aromatic rings. The molecule has 0 unspecified atom stereocenters. The van der Waals surface area contributed by atoms with Gasteiger partial charge in [0.05, 0.1) is 25.6 Å². The van der Waals surface area contributed by atoms with Crippen molar-refractivity contribution in [1.29, 1.82) is 0 Å². The summed E-state index contributed by atoms with van der Waals surface area (Å²) in [6.45, 7) is 4.08. The number of alkyl halides is 1. The minimum absolute atomic E-state index is 0.168. The van der Waals surface area contributed by atoms with Crippen LogP contribution in [0.2, 0.25) is 0 Å². The second-order valence-electron chi connectivity index (χ2n) is 4.05.